The maximum Gasteiger partial charge on any atom is 0.250 e. The van der Waals surface area contributed by atoms with Gasteiger partial charge < -0.3 is 4.57 Å². The van der Waals surface area contributed by atoms with Gasteiger partial charge in [-0.05, 0) is 12.1 Å². The molecule has 0 atom stereocenters. The normalized spacial score (nSPS) is 9.64. The van der Waals surface area contributed by atoms with Crippen molar-refractivity contribution in [2.24, 2.45) is 7.05 Å². The van der Waals surface area contributed by atoms with Crippen molar-refractivity contribution < 1.29 is 0 Å². The molecule has 0 amide bonds. The molecule has 0 radical (unpaired) electrons. The molecule has 1 aromatic heterocycles. The van der Waals surface area contributed by atoms with Crippen LogP contribution in [0.1, 0.15) is 5.69 Å². The molecule has 3 heteroatoms. The molecule has 0 N–H and O–H groups in total. The van der Waals surface area contributed by atoms with Gasteiger partial charge in [-0.15, -0.1) is 0 Å². The lowest BCUT2D eigenvalue weighted by Gasteiger charge is -2.03. The highest BCUT2D eigenvalue weighted by Gasteiger charge is 1.99. The van der Waals surface area contributed by atoms with Crippen molar-refractivity contribution in [3.05, 3.63) is 39.8 Å². The fourth-order valence-corrected chi connectivity index (χ4v) is 1.12. The second-order valence-electron chi connectivity index (χ2n) is 2.17. The molecule has 0 aliphatic heterocycles. The van der Waals surface area contributed by atoms with Gasteiger partial charge in [0, 0.05) is 13.1 Å². The van der Waals surface area contributed by atoms with Crippen LogP contribution in [0.4, 0.5) is 0 Å². The van der Waals surface area contributed by atoms with Crippen molar-refractivity contribution in [2.45, 2.75) is 0 Å². The van der Waals surface area contributed by atoms with Gasteiger partial charge in [-0.1, -0.05) is 18.2 Å². The van der Waals surface area contributed by atoms with E-state index < -0.39 is 0 Å². The van der Waals surface area contributed by atoms with E-state index >= 15 is 0 Å². The fraction of sp³-hybridized carbons (Fsp3) is 0.125. The van der Waals surface area contributed by atoms with Crippen molar-refractivity contribution in [1.29, 1.82) is 0 Å². The number of hydrogen-bond donors (Lipinski definition) is 0. The highest BCUT2D eigenvalue weighted by Crippen LogP contribution is 2.12. The number of nitrogens with zero attached hydrogens (tertiary/aromatic N) is 1. The van der Waals surface area contributed by atoms with Gasteiger partial charge in [-0.2, -0.15) is 0 Å². The van der Waals surface area contributed by atoms with Crippen LogP contribution in [0.3, 0.4) is 0 Å². The predicted molar refractivity (Wildman–Crippen MR) is 46.8 cm³/mol. The predicted octanol–water partition coefficient (Wildman–Crippen LogP) is 1.68. The van der Waals surface area contributed by atoms with E-state index in [1.165, 1.54) is 10.6 Å². The molecule has 1 heterocycles. The lowest BCUT2D eigenvalue weighted by atomic mass is 10.3. The molecule has 0 saturated heterocycles. The van der Waals surface area contributed by atoms with Crippen molar-refractivity contribution >= 4 is 17.7 Å². The minimum atomic E-state index is -0.0794. The minimum absolute atomic E-state index is 0.0794. The van der Waals surface area contributed by atoms with Gasteiger partial charge >= 0.3 is 0 Å². The van der Waals surface area contributed by atoms with Gasteiger partial charge in [0.2, 0.25) is 0 Å². The molecule has 58 valence electrons. The maximum absolute atomic E-state index is 11.0. The van der Waals surface area contributed by atoms with E-state index in [-0.39, 0.29) is 5.56 Å². The molecule has 0 unspecified atom stereocenters. The molecule has 2 nitrogen and oxygen atoms in total. The summed E-state index contributed by atoms with van der Waals surface area (Å²) in [5, 5.41) is 0.544. The summed E-state index contributed by atoms with van der Waals surface area (Å²) in [5.41, 5.74) is 0.573. The Labute approximate surface area is 69.7 Å². The third-order valence-corrected chi connectivity index (χ3v) is 1.82. The Balaban J connectivity index is 3.53. The molecule has 11 heavy (non-hydrogen) atoms. The second kappa shape index (κ2) is 2.93. The largest absolute Gasteiger partial charge is 0.310 e. The number of hydrogen-bond acceptors (Lipinski definition) is 1. The van der Waals surface area contributed by atoms with E-state index in [1.807, 2.05) is 0 Å². The summed E-state index contributed by atoms with van der Waals surface area (Å²) in [6.45, 7) is 3.55. The first-order chi connectivity index (χ1) is 5.16. The quantitative estimate of drug-likeness (QED) is 0.627. The summed E-state index contributed by atoms with van der Waals surface area (Å²) in [4.78, 5) is 11.0. The first-order valence-electron chi connectivity index (χ1n) is 3.15. The summed E-state index contributed by atoms with van der Waals surface area (Å²) in [5.74, 6) is 0. The molecular weight excluding hydrogens is 162 g/mol. The molecular formula is C8H8ClNO. The molecule has 0 bridgehead atoms. The van der Waals surface area contributed by atoms with Crippen LogP contribution < -0.4 is 5.56 Å². The van der Waals surface area contributed by atoms with E-state index in [2.05, 4.69) is 6.58 Å². The molecule has 0 spiro atoms. The van der Waals surface area contributed by atoms with Crippen LogP contribution in [0, 0.1) is 0 Å². The van der Waals surface area contributed by atoms with Gasteiger partial charge in [0.05, 0.1) is 10.7 Å². The zero-order valence-corrected chi connectivity index (χ0v) is 6.93. The molecule has 1 aromatic rings. The maximum atomic E-state index is 11.0. The van der Waals surface area contributed by atoms with Crippen LogP contribution in [0.25, 0.3) is 6.08 Å². The van der Waals surface area contributed by atoms with Crippen LogP contribution in [0.2, 0.25) is 5.02 Å². The van der Waals surface area contributed by atoms with E-state index in [0.717, 1.165) is 0 Å². The Hall–Kier alpha value is -1.02. The summed E-state index contributed by atoms with van der Waals surface area (Å²) >= 11 is 5.77. The van der Waals surface area contributed by atoms with Gasteiger partial charge in [-0.25, -0.2) is 0 Å². The zero-order chi connectivity index (χ0) is 8.43. The standard InChI is InChI=1S/C8H8ClNO/c1-3-7-6(9)4-5-8(11)10(7)2/h3-5H,1H2,2H3. The average molecular weight is 170 g/mol. The summed E-state index contributed by atoms with van der Waals surface area (Å²) in [6, 6.07) is 3.00. The van der Waals surface area contributed by atoms with Gasteiger partial charge in [-0.3, -0.25) is 4.79 Å². The third kappa shape index (κ3) is 1.35. The van der Waals surface area contributed by atoms with Crippen molar-refractivity contribution in [2.75, 3.05) is 0 Å². The van der Waals surface area contributed by atoms with Crippen molar-refractivity contribution in [3.8, 4) is 0 Å². The van der Waals surface area contributed by atoms with Crippen molar-refractivity contribution in [1.82, 2.24) is 4.57 Å². The summed E-state index contributed by atoms with van der Waals surface area (Å²) in [6.07, 6.45) is 1.56. The Kier molecular flexibility index (Phi) is 2.15. The highest BCUT2D eigenvalue weighted by molar-refractivity contribution is 6.31. The van der Waals surface area contributed by atoms with Crippen LogP contribution in [-0.4, -0.2) is 4.57 Å². The highest BCUT2D eigenvalue weighted by atomic mass is 35.5. The summed E-state index contributed by atoms with van der Waals surface area (Å²) < 4.78 is 1.45. The Bertz CT molecular complexity index is 340. The molecule has 0 aliphatic rings. The Morgan fingerprint density at radius 2 is 2.27 bits per heavy atom. The topological polar surface area (TPSA) is 22.0 Å². The van der Waals surface area contributed by atoms with Crippen LogP contribution in [0.5, 0.6) is 0 Å². The smallest absolute Gasteiger partial charge is 0.250 e. The molecule has 1 rings (SSSR count). The SMILES string of the molecule is C=Cc1c(Cl)ccc(=O)n1C. The average Bonchev–Trinajstić information content (AvgIpc) is 1.99. The van der Waals surface area contributed by atoms with E-state index in [0.29, 0.717) is 10.7 Å². The Morgan fingerprint density at radius 3 is 2.73 bits per heavy atom. The molecule has 0 aromatic carbocycles. The van der Waals surface area contributed by atoms with Crippen LogP contribution in [-0.2, 0) is 7.05 Å². The number of pyridine rings is 1. The van der Waals surface area contributed by atoms with E-state index in [9.17, 15) is 4.79 Å². The lowest BCUT2D eigenvalue weighted by Crippen LogP contribution is -2.17. The van der Waals surface area contributed by atoms with Gasteiger partial charge in [0.25, 0.3) is 5.56 Å². The van der Waals surface area contributed by atoms with E-state index in [4.69, 9.17) is 11.6 Å². The molecule has 0 fully saturated rings. The first kappa shape index (κ1) is 8.08. The van der Waals surface area contributed by atoms with Crippen LogP contribution >= 0.6 is 11.6 Å². The second-order valence-corrected chi connectivity index (χ2v) is 2.58. The Morgan fingerprint density at radius 1 is 1.64 bits per heavy atom. The zero-order valence-electron chi connectivity index (χ0n) is 6.17. The lowest BCUT2D eigenvalue weighted by molar-refractivity contribution is 0.849. The number of rotatable bonds is 1. The summed E-state index contributed by atoms with van der Waals surface area (Å²) in [7, 11) is 1.66. The first-order valence-corrected chi connectivity index (χ1v) is 3.52. The van der Waals surface area contributed by atoms with Crippen LogP contribution in [0.15, 0.2) is 23.5 Å². The van der Waals surface area contributed by atoms with Gasteiger partial charge in [0.15, 0.2) is 0 Å². The van der Waals surface area contributed by atoms with E-state index in [1.54, 1.807) is 19.2 Å². The third-order valence-electron chi connectivity index (χ3n) is 1.50. The monoisotopic (exact) mass is 169 g/mol. The number of aromatic nitrogens is 1. The fourth-order valence-electron chi connectivity index (χ4n) is 0.855. The number of halogens is 1. The minimum Gasteiger partial charge on any atom is -0.310 e. The van der Waals surface area contributed by atoms with Gasteiger partial charge in [0.1, 0.15) is 0 Å². The molecule has 0 aliphatic carbocycles. The van der Waals surface area contributed by atoms with Crippen molar-refractivity contribution in [3.63, 3.8) is 0 Å². The molecule has 0 saturated carbocycles.